The molecule has 1 saturated heterocycles. The van der Waals surface area contributed by atoms with Gasteiger partial charge in [0.15, 0.2) is 5.76 Å². The lowest BCUT2D eigenvalue weighted by Crippen LogP contribution is -2.38. The molecule has 1 atom stereocenters. The van der Waals surface area contributed by atoms with Gasteiger partial charge in [-0.25, -0.2) is 0 Å². The van der Waals surface area contributed by atoms with Gasteiger partial charge < -0.3 is 29.6 Å². The largest absolute Gasteiger partial charge is 0.497 e. The number of fused-ring (bicyclic) bond motifs is 1. The molecule has 2 N–H and O–H groups in total. The van der Waals surface area contributed by atoms with Crippen molar-refractivity contribution >= 4 is 34.2 Å². The van der Waals surface area contributed by atoms with Crippen LogP contribution in [-0.2, 0) is 11.3 Å². The Labute approximate surface area is 258 Å². The van der Waals surface area contributed by atoms with Crippen LogP contribution in [0, 0.1) is 17.2 Å². The van der Waals surface area contributed by atoms with Crippen molar-refractivity contribution in [2.45, 2.75) is 38.8 Å². The summed E-state index contributed by atoms with van der Waals surface area (Å²) in [5.74, 6) is 0.745. The molecule has 4 aromatic rings. The fraction of sp³-hybridized carbons (Fsp3) is 0.343. The molecule has 2 heterocycles. The van der Waals surface area contributed by atoms with Crippen LogP contribution in [0.5, 0.6) is 5.75 Å². The number of amides is 2. The predicted octanol–water partition coefficient (Wildman–Crippen LogP) is 5.81. The molecule has 0 aliphatic carbocycles. The maximum absolute atomic E-state index is 13.0. The van der Waals surface area contributed by atoms with Crippen molar-refractivity contribution in [1.29, 1.82) is 5.26 Å². The van der Waals surface area contributed by atoms with Gasteiger partial charge in [-0.2, -0.15) is 5.26 Å². The van der Waals surface area contributed by atoms with Crippen LogP contribution in [0.3, 0.4) is 0 Å². The highest BCUT2D eigenvalue weighted by Gasteiger charge is 2.25. The molecule has 1 unspecified atom stereocenters. The lowest BCUT2D eigenvalue weighted by molar-refractivity contribution is -0.120. The lowest BCUT2D eigenvalue weighted by Gasteiger charge is -2.33. The first-order valence-corrected chi connectivity index (χ1v) is 15.0. The third-order valence-electron chi connectivity index (χ3n) is 8.17. The SMILES string of the molecule is COc1ccc(CN(C)CCC(C)NC(=O)c2cc3cc(NC(=O)C4CCN(c5ccc(C#N)cc5)CC4)ccc3o2)cc1. The Bertz CT molecular complexity index is 1620. The summed E-state index contributed by atoms with van der Waals surface area (Å²) in [4.78, 5) is 30.4. The van der Waals surface area contributed by atoms with E-state index in [2.05, 4.69) is 45.7 Å². The number of carbonyl (C=O) groups is 2. The van der Waals surface area contributed by atoms with Gasteiger partial charge in [-0.3, -0.25) is 9.59 Å². The van der Waals surface area contributed by atoms with E-state index in [0.717, 1.165) is 62.3 Å². The van der Waals surface area contributed by atoms with E-state index >= 15 is 0 Å². The molecular weight excluding hydrogens is 554 g/mol. The Kier molecular flexibility index (Phi) is 9.82. The summed E-state index contributed by atoms with van der Waals surface area (Å²) in [7, 11) is 3.72. The van der Waals surface area contributed by atoms with E-state index in [-0.39, 0.29) is 29.5 Å². The second kappa shape index (κ2) is 14.1. The number of hydrogen-bond acceptors (Lipinski definition) is 7. The average molecular weight is 594 g/mol. The molecule has 0 spiro atoms. The molecule has 1 fully saturated rings. The number of piperidine rings is 1. The number of methoxy groups -OCH3 is 1. The second-order valence-electron chi connectivity index (χ2n) is 11.5. The number of nitrogens with one attached hydrogen (secondary N) is 2. The third-order valence-corrected chi connectivity index (χ3v) is 8.17. The van der Waals surface area contributed by atoms with Crippen LogP contribution in [0.25, 0.3) is 11.0 Å². The summed E-state index contributed by atoms with van der Waals surface area (Å²) >= 11 is 0. The number of rotatable bonds is 11. The van der Waals surface area contributed by atoms with Gasteiger partial charge in [0.25, 0.3) is 5.91 Å². The molecule has 44 heavy (non-hydrogen) atoms. The van der Waals surface area contributed by atoms with E-state index < -0.39 is 0 Å². The molecule has 0 bridgehead atoms. The van der Waals surface area contributed by atoms with E-state index in [1.807, 2.05) is 49.4 Å². The number of hydrogen-bond donors (Lipinski definition) is 2. The van der Waals surface area contributed by atoms with Crippen LogP contribution in [0.2, 0.25) is 0 Å². The van der Waals surface area contributed by atoms with Gasteiger partial charge in [0.2, 0.25) is 5.91 Å². The van der Waals surface area contributed by atoms with Crippen LogP contribution < -0.4 is 20.3 Å². The first kappa shape index (κ1) is 30.6. The highest BCUT2D eigenvalue weighted by molar-refractivity contribution is 5.98. The Morgan fingerprint density at radius 3 is 2.48 bits per heavy atom. The minimum atomic E-state index is -0.258. The van der Waals surface area contributed by atoms with Gasteiger partial charge in [-0.15, -0.1) is 0 Å². The zero-order valence-electron chi connectivity index (χ0n) is 25.5. The zero-order valence-corrected chi connectivity index (χ0v) is 25.5. The van der Waals surface area contributed by atoms with E-state index in [1.54, 1.807) is 25.3 Å². The maximum Gasteiger partial charge on any atom is 0.287 e. The number of carbonyl (C=O) groups excluding carboxylic acids is 2. The first-order valence-electron chi connectivity index (χ1n) is 15.0. The molecule has 0 saturated carbocycles. The summed E-state index contributed by atoms with van der Waals surface area (Å²) in [5, 5.41) is 15.9. The number of furan rings is 1. The molecular formula is C35H39N5O4. The smallest absolute Gasteiger partial charge is 0.287 e. The number of anilines is 2. The van der Waals surface area contributed by atoms with Crippen molar-refractivity contribution in [3.05, 3.63) is 89.7 Å². The molecule has 0 radical (unpaired) electrons. The van der Waals surface area contributed by atoms with Gasteiger partial charge in [0.05, 0.1) is 18.7 Å². The minimum Gasteiger partial charge on any atom is -0.497 e. The first-order chi connectivity index (χ1) is 21.3. The summed E-state index contributed by atoms with van der Waals surface area (Å²) in [6, 6.07) is 24.8. The minimum absolute atomic E-state index is 0.00364. The van der Waals surface area contributed by atoms with Gasteiger partial charge >= 0.3 is 0 Å². The summed E-state index contributed by atoms with van der Waals surface area (Å²) in [6.45, 7) is 5.18. The van der Waals surface area contributed by atoms with Crippen LogP contribution in [0.1, 0.15) is 47.9 Å². The van der Waals surface area contributed by atoms with Crippen molar-refractivity contribution in [3.63, 3.8) is 0 Å². The normalized spacial score (nSPS) is 14.3. The van der Waals surface area contributed by atoms with E-state index in [0.29, 0.717) is 16.8 Å². The Hall–Kier alpha value is -4.81. The van der Waals surface area contributed by atoms with Gasteiger partial charge in [-0.1, -0.05) is 12.1 Å². The number of benzene rings is 3. The van der Waals surface area contributed by atoms with E-state index in [4.69, 9.17) is 14.4 Å². The van der Waals surface area contributed by atoms with Gasteiger partial charge in [0.1, 0.15) is 11.3 Å². The van der Waals surface area contributed by atoms with Crippen LogP contribution in [0.4, 0.5) is 11.4 Å². The summed E-state index contributed by atoms with van der Waals surface area (Å²) in [5.41, 5.74) is 4.18. The number of nitrogens with zero attached hydrogens (tertiary/aromatic N) is 3. The van der Waals surface area contributed by atoms with Crippen LogP contribution >= 0.6 is 0 Å². The predicted molar refractivity (Wildman–Crippen MR) is 172 cm³/mol. The van der Waals surface area contributed by atoms with Crippen molar-refractivity contribution in [2.75, 3.05) is 44.0 Å². The summed E-state index contributed by atoms with van der Waals surface area (Å²) < 4.78 is 11.1. The Morgan fingerprint density at radius 2 is 1.80 bits per heavy atom. The Balaban J connectivity index is 1.09. The molecule has 3 aromatic carbocycles. The number of ether oxygens (including phenoxy) is 1. The summed E-state index contributed by atoms with van der Waals surface area (Å²) in [6.07, 6.45) is 2.29. The highest BCUT2D eigenvalue weighted by atomic mass is 16.5. The van der Waals surface area contributed by atoms with Crippen molar-refractivity contribution in [1.82, 2.24) is 10.2 Å². The highest BCUT2D eigenvalue weighted by Crippen LogP contribution is 2.27. The molecule has 2 amide bonds. The van der Waals surface area contributed by atoms with E-state index in [9.17, 15) is 9.59 Å². The standard InChI is InChI=1S/C35H39N5O4/c1-24(14-17-39(2)23-26-6-11-31(43-3)12-7-26)37-35(42)33-21-28-20-29(8-13-32(28)44-33)38-34(41)27-15-18-40(19-16-27)30-9-4-25(22-36)5-10-30/h4-13,20-21,24,27H,14-19,23H2,1-3H3,(H,37,42)(H,38,41). The van der Waals surface area contributed by atoms with Crippen LogP contribution in [-0.4, -0.2) is 56.5 Å². The molecule has 228 valence electrons. The number of nitriles is 1. The maximum atomic E-state index is 13.0. The topological polar surface area (TPSA) is 111 Å². The van der Waals surface area contributed by atoms with Crippen molar-refractivity contribution in [2.24, 2.45) is 5.92 Å². The molecule has 1 aliphatic rings. The second-order valence-corrected chi connectivity index (χ2v) is 11.5. The fourth-order valence-corrected chi connectivity index (χ4v) is 5.53. The van der Waals surface area contributed by atoms with Crippen molar-refractivity contribution < 1.29 is 18.7 Å². The monoisotopic (exact) mass is 593 g/mol. The van der Waals surface area contributed by atoms with Crippen LogP contribution in [0.15, 0.2) is 77.2 Å². The van der Waals surface area contributed by atoms with Gasteiger partial charge in [0, 0.05) is 54.9 Å². The molecule has 9 nitrogen and oxygen atoms in total. The quantitative estimate of drug-likeness (QED) is 0.226. The molecule has 5 rings (SSSR count). The Morgan fingerprint density at radius 1 is 1.07 bits per heavy atom. The lowest BCUT2D eigenvalue weighted by atomic mass is 9.95. The van der Waals surface area contributed by atoms with E-state index in [1.165, 1.54) is 5.56 Å². The molecule has 1 aromatic heterocycles. The fourth-order valence-electron chi connectivity index (χ4n) is 5.53. The molecule has 9 heteroatoms. The zero-order chi connectivity index (χ0) is 31.1. The third kappa shape index (κ3) is 7.77. The average Bonchev–Trinajstić information content (AvgIpc) is 3.48. The van der Waals surface area contributed by atoms with Gasteiger partial charge in [-0.05, 0) is 99.5 Å². The molecule has 1 aliphatic heterocycles. The van der Waals surface area contributed by atoms with Crippen molar-refractivity contribution in [3.8, 4) is 11.8 Å².